The van der Waals surface area contributed by atoms with E-state index >= 15 is 0 Å². The molecule has 2 aromatic carbocycles. The average Bonchev–Trinajstić information content (AvgIpc) is 2.29. The van der Waals surface area contributed by atoms with Crippen molar-refractivity contribution in [2.45, 2.75) is 4.90 Å². The van der Waals surface area contributed by atoms with Crippen LogP contribution in [-0.4, -0.2) is 18.6 Å². The minimum atomic E-state index is -3.87. The maximum absolute atomic E-state index is 12.0. The highest BCUT2D eigenvalue weighted by Crippen LogP contribution is 2.28. The van der Waals surface area contributed by atoms with Gasteiger partial charge in [0.1, 0.15) is 16.4 Å². The second-order valence-electron chi connectivity index (χ2n) is 3.62. The molecule has 0 aromatic heterocycles. The van der Waals surface area contributed by atoms with Crippen molar-refractivity contribution in [3.63, 3.8) is 0 Å². The molecule has 0 heterocycles. The molecule has 6 heteroatoms. The Kier molecular flexibility index (Phi) is 3.12. The fourth-order valence-electron chi connectivity index (χ4n) is 1.45. The maximum Gasteiger partial charge on any atom is 0.265 e. The van der Waals surface area contributed by atoms with Gasteiger partial charge in [0.25, 0.3) is 10.0 Å². The molecule has 94 valence electrons. The van der Waals surface area contributed by atoms with Crippen molar-refractivity contribution >= 4 is 15.7 Å². The first-order valence-corrected chi connectivity index (χ1v) is 6.57. The van der Waals surface area contributed by atoms with Gasteiger partial charge in [-0.2, -0.15) is 0 Å². The highest BCUT2D eigenvalue weighted by molar-refractivity contribution is 7.92. The number of hydrogen-bond acceptors (Lipinski definition) is 4. The zero-order chi connectivity index (χ0) is 13.2. The highest BCUT2D eigenvalue weighted by atomic mass is 32.2. The number of phenols is 2. The first kappa shape index (κ1) is 12.3. The zero-order valence-electron chi connectivity index (χ0n) is 9.24. The lowest BCUT2D eigenvalue weighted by molar-refractivity contribution is 0.440. The van der Waals surface area contributed by atoms with Gasteiger partial charge in [-0.15, -0.1) is 0 Å². The summed E-state index contributed by atoms with van der Waals surface area (Å²) < 4.78 is 26.3. The van der Waals surface area contributed by atoms with Crippen LogP contribution < -0.4 is 4.72 Å². The Morgan fingerprint density at radius 3 is 2.22 bits per heavy atom. The van der Waals surface area contributed by atoms with E-state index in [4.69, 9.17) is 5.11 Å². The summed E-state index contributed by atoms with van der Waals surface area (Å²) in [4.78, 5) is -0.288. The van der Waals surface area contributed by atoms with Crippen LogP contribution in [-0.2, 0) is 10.0 Å². The van der Waals surface area contributed by atoms with Crippen LogP contribution in [0.2, 0.25) is 0 Å². The number of aromatic hydroxyl groups is 2. The van der Waals surface area contributed by atoms with E-state index < -0.39 is 15.8 Å². The average molecular weight is 265 g/mol. The molecule has 18 heavy (non-hydrogen) atoms. The van der Waals surface area contributed by atoms with Gasteiger partial charge in [-0.1, -0.05) is 18.2 Å². The number of nitrogens with one attached hydrogen (secondary N) is 1. The summed E-state index contributed by atoms with van der Waals surface area (Å²) in [5.41, 5.74) is 0.393. The number of para-hydroxylation sites is 1. The lowest BCUT2D eigenvalue weighted by Crippen LogP contribution is -2.12. The Morgan fingerprint density at radius 1 is 0.944 bits per heavy atom. The molecule has 0 fully saturated rings. The van der Waals surface area contributed by atoms with E-state index in [1.165, 1.54) is 6.07 Å². The van der Waals surface area contributed by atoms with Gasteiger partial charge in [0.05, 0.1) is 0 Å². The molecule has 0 radical (unpaired) electrons. The zero-order valence-corrected chi connectivity index (χ0v) is 10.1. The van der Waals surface area contributed by atoms with Gasteiger partial charge in [0.15, 0.2) is 0 Å². The summed E-state index contributed by atoms with van der Waals surface area (Å²) in [6, 6.07) is 11.6. The molecule has 3 N–H and O–H groups in total. The topological polar surface area (TPSA) is 86.6 Å². The highest BCUT2D eigenvalue weighted by Gasteiger charge is 2.18. The quantitative estimate of drug-likeness (QED) is 0.791. The number of anilines is 1. The molecule has 0 atom stereocenters. The van der Waals surface area contributed by atoms with Crippen molar-refractivity contribution in [2.75, 3.05) is 4.72 Å². The SMILES string of the molecule is O=S(=O)(Nc1ccccc1)c1ccc(O)cc1O. The molecule has 2 rings (SSSR count). The van der Waals surface area contributed by atoms with Gasteiger partial charge >= 0.3 is 0 Å². The molecule has 0 aliphatic rings. The standard InChI is InChI=1S/C12H11NO4S/c14-10-6-7-12(11(15)8-10)18(16,17)13-9-4-2-1-3-5-9/h1-8,13-15H. The monoisotopic (exact) mass is 265 g/mol. The lowest BCUT2D eigenvalue weighted by Gasteiger charge is -2.09. The van der Waals surface area contributed by atoms with Crippen molar-refractivity contribution in [3.8, 4) is 11.5 Å². The number of rotatable bonds is 3. The van der Waals surface area contributed by atoms with Crippen LogP contribution in [0.15, 0.2) is 53.4 Å². The normalized spacial score (nSPS) is 11.1. The minimum absolute atomic E-state index is 0.203. The van der Waals surface area contributed by atoms with E-state index in [1.807, 2.05) is 0 Å². The molecule has 0 aliphatic heterocycles. The van der Waals surface area contributed by atoms with Gasteiger partial charge in [-0.3, -0.25) is 4.72 Å². The Morgan fingerprint density at radius 2 is 1.61 bits per heavy atom. The van der Waals surface area contributed by atoms with E-state index in [-0.39, 0.29) is 10.6 Å². The van der Waals surface area contributed by atoms with Crippen LogP contribution in [0.1, 0.15) is 0 Å². The predicted molar refractivity (Wildman–Crippen MR) is 67.0 cm³/mol. The van der Waals surface area contributed by atoms with Crippen molar-refractivity contribution < 1.29 is 18.6 Å². The van der Waals surface area contributed by atoms with Crippen molar-refractivity contribution in [3.05, 3.63) is 48.5 Å². The van der Waals surface area contributed by atoms with Crippen LogP contribution in [0, 0.1) is 0 Å². The summed E-state index contributed by atoms with van der Waals surface area (Å²) >= 11 is 0. The van der Waals surface area contributed by atoms with Crippen LogP contribution in [0.5, 0.6) is 11.5 Å². The first-order valence-electron chi connectivity index (χ1n) is 5.09. The molecular weight excluding hydrogens is 254 g/mol. The third-order valence-corrected chi connectivity index (χ3v) is 3.69. The molecule has 0 spiro atoms. The second kappa shape index (κ2) is 4.58. The van der Waals surface area contributed by atoms with Crippen LogP contribution >= 0.6 is 0 Å². The fourth-order valence-corrected chi connectivity index (χ4v) is 2.59. The van der Waals surface area contributed by atoms with Crippen LogP contribution in [0.3, 0.4) is 0 Å². The van der Waals surface area contributed by atoms with E-state index in [9.17, 15) is 13.5 Å². The third kappa shape index (κ3) is 2.54. The molecule has 0 unspecified atom stereocenters. The van der Waals surface area contributed by atoms with Gasteiger partial charge < -0.3 is 10.2 Å². The summed E-state index contributed by atoms with van der Waals surface area (Å²) in [6.07, 6.45) is 0. The van der Waals surface area contributed by atoms with Crippen molar-refractivity contribution in [2.24, 2.45) is 0 Å². The predicted octanol–water partition coefficient (Wildman–Crippen LogP) is 1.90. The molecule has 0 amide bonds. The van der Waals surface area contributed by atoms with Crippen LogP contribution in [0.25, 0.3) is 0 Å². The lowest BCUT2D eigenvalue weighted by atomic mass is 10.3. The summed E-state index contributed by atoms with van der Waals surface area (Å²) in [5, 5.41) is 18.6. The fraction of sp³-hybridized carbons (Fsp3) is 0. The first-order chi connectivity index (χ1) is 8.49. The van der Waals surface area contributed by atoms with Gasteiger partial charge in [0, 0.05) is 11.8 Å². The van der Waals surface area contributed by atoms with E-state index in [0.29, 0.717) is 5.69 Å². The molecule has 0 saturated heterocycles. The largest absolute Gasteiger partial charge is 0.508 e. The number of phenolic OH excluding ortho intramolecular Hbond substituents is 2. The van der Waals surface area contributed by atoms with E-state index in [2.05, 4.69) is 4.72 Å². The van der Waals surface area contributed by atoms with Gasteiger partial charge in [-0.25, -0.2) is 8.42 Å². The Bertz CT molecular complexity index is 653. The third-order valence-electron chi connectivity index (χ3n) is 2.26. The molecule has 5 nitrogen and oxygen atoms in total. The number of hydrogen-bond donors (Lipinski definition) is 3. The minimum Gasteiger partial charge on any atom is -0.508 e. The second-order valence-corrected chi connectivity index (χ2v) is 5.27. The Labute approximate surface area is 104 Å². The molecule has 0 bridgehead atoms. The number of benzene rings is 2. The summed E-state index contributed by atoms with van der Waals surface area (Å²) in [5.74, 6) is -0.704. The molecule has 2 aromatic rings. The number of sulfonamides is 1. The smallest absolute Gasteiger partial charge is 0.265 e. The molecule has 0 saturated carbocycles. The molecular formula is C12H11NO4S. The Hall–Kier alpha value is -2.21. The van der Waals surface area contributed by atoms with Gasteiger partial charge in [0.2, 0.25) is 0 Å². The van der Waals surface area contributed by atoms with Crippen LogP contribution in [0.4, 0.5) is 5.69 Å². The van der Waals surface area contributed by atoms with Gasteiger partial charge in [-0.05, 0) is 24.3 Å². The Balaban J connectivity index is 2.37. The van der Waals surface area contributed by atoms with E-state index in [0.717, 1.165) is 12.1 Å². The van der Waals surface area contributed by atoms with E-state index in [1.54, 1.807) is 30.3 Å². The molecule has 0 aliphatic carbocycles. The van der Waals surface area contributed by atoms with Crippen molar-refractivity contribution in [1.82, 2.24) is 0 Å². The van der Waals surface area contributed by atoms with Crippen molar-refractivity contribution in [1.29, 1.82) is 0 Å². The maximum atomic E-state index is 12.0. The summed E-state index contributed by atoms with van der Waals surface area (Å²) in [6.45, 7) is 0. The summed E-state index contributed by atoms with van der Waals surface area (Å²) in [7, 11) is -3.87.